The molecule has 98 valence electrons. The smallest absolute Gasteiger partial charge is 0.254 e. The van der Waals surface area contributed by atoms with Gasteiger partial charge in [0, 0.05) is 23.8 Å². The minimum absolute atomic E-state index is 0.195. The van der Waals surface area contributed by atoms with Gasteiger partial charge in [-0.05, 0) is 40.8 Å². The first-order chi connectivity index (χ1) is 8.66. The number of hydrogen-bond acceptors (Lipinski definition) is 3. The molecule has 0 aromatic carbocycles. The Morgan fingerprint density at radius 1 is 1.67 bits per heavy atom. The molecule has 0 spiro atoms. The topological polar surface area (TPSA) is 51.2 Å². The van der Waals surface area contributed by atoms with E-state index in [2.05, 4.69) is 26.2 Å². The molecule has 18 heavy (non-hydrogen) atoms. The Hall–Kier alpha value is -0.650. The standard InChI is InChI=1S/C12H14BrClN2O2/c13-9-4-10(11(14)15-6-9)12(17)16-5-8-2-1-3-18-7-8/h4,6,8H,1-3,5,7H2,(H,16,17). The van der Waals surface area contributed by atoms with Crippen molar-refractivity contribution in [3.05, 3.63) is 27.5 Å². The molecule has 1 saturated heterocycles. The van der Waals surface area contributed by atoms with Gasteiger partial charge in [-0.15, -0.1) is 0 Å². The number of pyridine rings is 1. The number of carbonyl (C=O) groups excluding carboxylic acids is 1. The Morgan fingerprint density at radius 2 is 2.50 bits per heavy atom. The molecule has 2 heterocycles. The SMILES string of the molecule is O=C(NCC1CCCOC1)c1cc(Br)cnc1Cl. The number of amides is 1. The number of ether oxygens (including phenoxy) is 1. The maximum atomic E-state index is 12.0. The molecule has 2 rings (SSSR count). The predicted octanol–water partition coefficient (Wildman–Crippen LogP) is 2.65. The maximum absolute atomic E-state index is 12.0. The van der Waals surface area contributed by atoms with E-state index in [-0.39, 0.29) is 11.1 Å². The van der Waals surface area contributed by atoms with Crippen LogP contribution in [-0.2, 0) is 4.74 Å². The number of nitrogens with one attached hydrogen (secondary N) is 1. The van der Waals surface area contributed by atoms with E-state index in [4.69, 9.17) is 16.3 Å². The molecule has 0 bridgehead atoms. The molecule has 0 aliphatic carbocycles. The molecule has 1 atom stereocenters. The summed E-state index contributed by atoms with van der Waals surface area (Å²) in [5.74, 6) is 0.195. The second-order valence-corrected chi connectivity index (χ2v) is 5.56. The van der Waals surface area contributed by atoms with Gasteiger partial charge in [0.1, 0.15) is 5.15 Å². The lowest BCUT2D eigenvalue weighted by Gasteiger charge is -2.22. The highest BCUT2D eigenvalue weighted by Gasteiger charge is 2.17. The number of rotatable bonds is 3. The largest absolute Gasteiger partial charge is 0.381 e. The Bertz CT molecular complexity index is 436. The van der Waals surface area contributed by atoms with Crippen LogP contribution in [-0.4, -0.2) is 30.6 Å². The van der Waals surface area contributed by atoms with E-state index < -0.39 is 0 Å². The molecule has 0 saturated carbocycles. The first-order valence-electron chi connectivity index (χ1n) is 5.84. The number of carbonyl (C=O) groups is 1. The van der Waals surface area contributed by atoms with Crippen LogP contribution < -0.4 is 5.32 Å². The number of aromatic nitrogens is 1. The summed E-state index contributed by atoms with van der Waals surface area (Å²) in [5, 5.41) is 3.09. The summed E-state index contributed by atoms with van der Waals surface area (Å²) in [6, 6.07) is 1.67. The Morgan fingerprint density at radius 3 is 3.22 bits per heavy atom. The van der Waals surface area contributed by atoms with Crippen molar-refractivity contribution >= 4 is 33.4 Å². The van der Waals surface area contributed by atoms with Crippen molar-refractivity contribution in [1.82, 2.24) is 10.3 Å². The molecule has 1 N–H and O–H groups in total. The molecule has 1 aliphatic heterocycles. The normalized spacial score (nSPS) is 19.6. The van der Waals surface area contributed by atoms with E-state index in [1.165, 1.54) is 0 Å². The van der Waals surface area contributed by atoms with Crippen molar-refractivity contribution < 1.29 is 9.53 Å². The van der Waals surface area contributed by atoms with E-state index in [0.717, 1.165) is 23.9 Å². The highest BCUT2D eigenvalue weighted by atomic mass is 79.9. The Balaban J connectivity index is 1.92. The van der Waals surface area contributed by atoms with Crippen LogP contribution in [0.15, 0.2) is 16.7 Å². The molecular formula is C12H14BrClN2O2. The fraction of sp³-hybridized carbons (Fsp3) is 0.500. The van der Waals surface area contributed by atoms with Gasteiger partial charge >= 0.3 is 0 Å². The first kappa shape index (κ1) is 13.8. The lowest BCUT2D eigenvalue weighted by molar-refractivity contribution is 0.0536. The van der Waals surface area contributed by atoms with Crippen molar-refractivity contribution in [2.24, 2.45) is 5.92 Å². The maximum Gasteiger partial charge on any atom is 0.254 e. The van der Waals surface area contributed by atoms with Crippen molar-refractivity contribution in [3.63, 3.8) is 0 Å². The zero-order valence-corrected chi connectivity index (χ0v) is 12.1. The molecule has 1 unspecified atom stereocenters. The number of nitrogens with zero attached hydrogens (tertiary/aromatic N) is 1. The average molecular weight is 334 g/mol. The molecule has 0 radical (unpaired) electrons. The fourth-order valence-electron chi connectivity index (χ4n) is 1.88. The van der Waals surface area contributed by atoms with Gasteiger partial charge in [-0.25, -0.2) is 4.98 Å². The highest BCUT2D eigenvalue weighted by molar-refractivity contribution is 9.10. The van der Waals surface area contributed by atoms with E-state index >= 15 is 0 Å². The minimum Gasteiger partial charge on any atom is -0.381 e. The van der Waals surface area contributed by atoms with Gasteiger partial charge in [0.15, 0.2) is 0 Å². The van der Waals surface area contributed by atoms with Gasteiger partial charge in [0.05, 0.1) is 12.2 Å². The van der Waals surface area contributed by atoms with Crippen molar-refractivity contribution in [2.45, 2.75) is 12.8 Å². The third-order valence-corrected chi connectivity index (χ3v) is 3.59. The summed E-state index contributed by atoms with van der Waals surface area (Å²) in [4.78, 5) is 15.9. The fourth-order valence-corrected chi connectivity index (χ4v) is 2.40. The molecule has 1 aromatic heterocycles. The predicted molar refractivity (Wildman–Crippen MR) is 72.8 cm³/mol. The van der Waals surface area contributed by atoms with Gasteiger partial charge in [-0.3, -0.25) is 4.79 Å². The molecule has 4 nitrogen and oxygen atoms in total. The van der Waals surface area contributed by atoms with Crippen LogP contribution >= 0.6 is 27.5 Å². The third kappa shape index (κ3) is 3.67. The van der Waals surface area contributed by atoms with Crippen molar-refractivity contribution in [2.75, 3.05) is 19.8 Å². The summed E-state index contributed by atoms with van der Waals surface area (Å²) in [5.41, 5.74) is 0.391. The summed E-state index contributed by atoms with van der Waals surface area (Å²) in [6.45, 7) is 2.15. The zero-order valence-electron chi connectivity index (χ0n) is 9.79. The van der Waals surface area contributed by atoms with E-state index in [9.17, 15) is 4.79 Å². The molecule has 1 aromatic rings. The van der Waals surface area contributed by atoms with Crippen LogP contribution in [0.25, 0.3) is 0 Å². The number of hydrogen-bond donors (Lipinski definition) is 1. The molecular weight excluding hydrogens is 320 g/mol. The monoisotopic (exact) mass is 332 g/mol. The minimum atomic E-state index is -0.195. The third-order valence-electron chi connectivity index (χ3n) is 2.86. The Kier molecular flexibility index (Phi) is 4.97. The molecule has 1 aliphatic rings. The summed E-state index contributed by atoms with van der Waals surface area (Å²) in [7, 11) is 0. The quantitative estimate of drug-likeness (QED) is 0.865. The van der Waals surface area contributed by atoms with Gasteiger partial charge in [0.25, 0.3) is 5.91 Å². The van der Waals surface area contributed by atoms with Crippen LogP contribution in [0.5, 0.6) is 0 Å². The van der Waals surface area contributed by atoms with Crippen LogP contribution in [0.3, 0.4) is 0 Å². The second-order valence-electron chi connectivity index (χ2n) is 4.29. The van der Waals surface area contributed by atoms with Gasteiger partial charge in [-0.1, -0.05) is 11.6 Å². The van der Waals surface area contributed by atoms with Crippen LogP contribution in [0.4, 0.5) is 0 Å². The summed E-state index contributed by atoms with van der Waals surface area (Å²) < 4.78 is 6.10. The lowest BCUT2D eigenvalue weighted by Crippen LogP contribution is -2.33. The van der Waals surface area contributed by atoms with Crippen molar-refractivity contribution in [3.8, 4) is 0 Å². The van der Waals surface area contributed by atoms with Crippen LogP contribution in [0.2, 0.25) is 5.15 Å². The first-order valence-corrected chi connectivity index (χ1v) is 7.01. The van der Waals surface area contributed by atoms with Gasteiger partial charge in [-0.2, -0.15) is 0 Å². The molecule has 1 amide bonds. The van der Waals surface area contributed by atoms with Gasteiger partial charge < -0.3 is 10.1 Å². The van der Waals surface area contributed by atoms with Crippen molar-refractivity contribution in [1.29, 1.82) is 0 Å². The second kappa shape index (κ2) is 6.50. The molecule has 1 fully saturated rings. The summed E-state index contributed by atoms with van der Waals surface area (Å²) >= 11 is 9.17. The average Bonchev–Trinajstić information content (AvgIpc) is 2.40. The lowest BCUT2D eigenvalue weighted by atomic mass is 10.0. The molecule has 6 heteroatoms. The van der Waals surface area contributed by atoms with E-state index in [1.807, 2.05) is 0 Å². The summed E-state index contributed by atoms with van der Waals surface area (Å²) in [6.07, 6.45) is 3.71. The van der Waals surface area contributed by atoms with Crippen LogP contribution in [0, 0.1) is 5.92 Å². The van der Waals surface area contributed by atoms with Crippen LogP contribution in [0.1, 0.15) is 23.2 Å². The van der Waals surface area contributed by atoms with E-state index in [1.54, 1.807) is 12.3 Å². The Labute approximate surface area is 119 Å². The van der Waals surface area contributed by atoms with E-state index in [0.29, 0.717) is 24.6 Å². The number of halogens is 2. The highest BCUT2D eigenvalue weighted by Crippen LogP contribution is 2.18. The van der Waals surface area contributed by atoms with Gasteiger partial charge in [0.2, 0.25) is 0 Å². The zero-order chi connectivity index (χ0) is 13.0.